The van der Waals surface area contributed by atoms with Crippen LogP contribution >= 0.6 is 11.6 Å². The molecule has 7 nitrogen and oxygen atoms in total. The number of nitrogens with zero attached hydrogens (tertiary/aromatic N) is 3. The van der Waals surface area contributed by atoms with E-state index in [4.69, 9.17) is 17.3 Å². The molecule has 0 saturated carbocycles. The Kier molecular flexibility index (Phi) is 4.34. The van der Waals surface area contributed by atoms with Gasteiger partial charge in [0, 0.05) is 0 Å². The smallest absolute Gasteiger partial charge is 0.329 e. The molecule has 0 aliphatic rings. The molecule has 0 spiro atoms. The third-order valence-corrected chi connectivity index (χ3v) is 3.00. The summed E-state index contributed by atoms with van der Waals surface area (Å²) in [4.78, 5) is 21.5. The summed E-state index contributed by atoms with van der Waals surface area (Å²) in [7, 11) is 0. The van der Waals surface area contributed by atoms with E-state index in [1.54, 1.807) is 11.6 Å². The fourth-order valence-corrected chi connectivity index (χ4v) is 1.93. The minimum Gasteiger partial charge on any atom is -0.361 e. The van der Waals surface area contributed by atoms with Gasteiger partial charge < -0.3 is 5.73 Å². The Morgan fingerprint density at radius 2 is 2.05 bits per heavy atom. The van der Waals surface area contributed by atoms with E-state index in [2.05, 4.69) is 10.2 Å². The van der Waals surface area contributed by atoms with E-state index in [1.165, 1.54) is 6.21 Å². The van der Waals surface area contributed by atoms with Crippen molar-refractivity contribution in [3.63, 3.8) is 0 Å². The first-order valence-corrected chi connectivity index (χ1v) is 6.32. The van der Waals surface area contributed by atoms with Gasteiger partial charge in [0.15, 0.2) is 0 Å². The van der Waals surface area contributed by atoms with Gasteiger partial charge in [-0.25, -0.2) is 10.1 Å². The molecule has 108 valence electrons. The lowest BCUT2D eigenvalue weighted by atomic mass is 10.3. The number of hydrazone groups is 1. The average molecular weight is 306 g/mol. The van der Waals surface area contributed by atoms with Crippen molar-refractivity contribution in [1.82, 2.24) is 15.2 Å². The zero-order valence-electron chi connectivity index (χ0n) is 11.1. The monoisotopic (exact) mass is 305 g/mol. The van der Waals surface area contributed by atoms with Gasteiger partial charge in [-0.2, -0.15) is 10.2 Å². The maximum Gasteiger partial charge on any atom is 0.329 e. The molecule has 0 atom stereocenters. The summed E-state index contributed by atoms with van der Waals surface area (Å²) < 4.78 is 1.55. The van der Waals surface area contributed by atoms with E-state index in [0.29, 0.717) is 16.4 Å². The molecule has 0 bridgehead atoms. The van der Waals surface area contributed by atoms with Crippen molar-refractivity contribution in [3.8, 4) is 5.69 Å². The normalized spacial score (nSPS) is 10.8. The number of primary amides is 1. The Labute approximate surface area is 125 Å². The van der Waals surface area contributed by atoms with Gasteiger partial charge in [-0.05, 0) is 19.1 Å². The molecule has 3 N–H and O–H groups in total. The highest BCUT2D eigenvalue weighted by Gasteiger charge is 2.13. The van der Waals surface area contributed by atoms with Crippen molar-refractivity contribution in [2.45, 2.75) is 6.92 Å². The number of benzene rings is 1. The number of nitrogens with one attached hydrogen (secondary N) is 1. The molecule has 1 heterocycles. The molecular weight excluding hydrogens is 294 g/mol. The highest BCUT2D eigenvalue weighted by atomic mass is 35.5. The Balaban J connectivity index is 2.26. The summed E-state index contributed by atoms with van der Waals surface area (Å²) in [6, 6.07) is 9.32. The largest absolute Gasteiger partial charge is 0.361 e. The summed E-state index contributed by atoms with van der Waals surface area (Å²) in [6.45, 7) is 1.75. The second-order valence-electron chi connectivity index (χ2n) is 4.10. The molecule has 0 radical (unpaired) electrons. The lowest BCUT2D eigenvalue weighted by molar-refractivity contribution is -0.137. The van der Waals surface area contributed by atoms with Gasteiger partial charge >= 0.3 is 11.8 Å². The van der Waals surface area contributed by atoms with Crippen molar-refractivity contribution >= 4 is 29.6 Å². The van der Waals surface area contributed by atoms with Crippen molar-refractivity contribution in [1.29, 1.82) is 0 Å². The van der Waals surface area contributed by atoms with E-state index in [1.807, 2.05) is 35.8 Å². The molecule has 2 aromatic rings. The molecular formula is C13H12ClN5O2. The summed E-state index contributed by atoms with van der Waals surface area (Å²) in [5, 5.41) is 8.27. The van der Waals surface area contributed by atoms with E-state index in [-0.39, 0.29) is 0 Å². The molecule has 0 fully saturated rings. The van der Waals surface area contributed by atoms with Crippen LogP contribution in [-0.2, 0) is 9.59 Å². The fourth-order valence-electron chi connectivity index (χ4n) is 1.61. The number of halogens is 1. The number of rotatable bonds is 3. The van der Waals surface area contributed by atoms with Crippen LogP contribution in [0.1, 0.15) is 11.3 Å². The zero-order chi connectivity index (χ0) is 15.4. The zero-order valence-corrected chi connectivity index (χ0v) is 11.8. The number of hydrogen-bond acceptors (Lipinski definition) is 4. The fraction of sp³-hybridized carbons (Fsp3) is 0.0769. The number of nitrogens with two attached hydrogens (primary N) is 1. The van der Waals surface area contributed by atoms with Gasteiger partial charge in [-0.15, -0.1) is 0 Å². The quantitative estimate of drug-likeness (QED) is 0.497. The maximum absolute atomic E-state index is 11.0. The van der Waals surface area contributed by atoms with Gasteiger partial charge in [0.1, 0.15) is 5.15 Å². The lowest BCUT2D eigenvalue weighted by Gasteiger charge is -2.01. The van der Waals surface area contributed by atoms with E-state index in [0.717, 1.165) is 5.69 Å². The molecule has 0 aliphatic heterocycles. The standard InChI is InChI=1S/C13H12ClN5O2/c1-8-10(7-16-17-13(21)12(15)20)11(14)19(18-8)9-5-3-2-4-6-9/h2-7H,1H3,(H2,15,20)(H,17,21)/b16-7-. The number of amides is 2. The Morgan fingerprint density at radius 3 is 2.67 bits per heavy atom. The van der Waals surface area contributed by atoms with Gasteiger partial charge in [0.25, 0.3) is 0 Å². The van der Waals surface area contributed by atoms with Crippen LogP contribution in [0.3, 0.4) is 0 Å². The number of carbonyl (C=O) groups is 2. The van der Waals surface area contributed by atoms with E-state index < -0.39 is 11.8 Å². The highest BCUT2D eigenvalue weighted by Crippen LogP contribution is 2.21. The summed E-state index contributed by atoms with van der Waals surface area (Å²) in [5.41, 5.74) is 8.74. The number of hydrogen-bond donors (Lipinski definition) is 2. The molecule has 21 heavy (non-hydrogen) atoms. The van der Waals surface area contributed by atoms with E-state index >= 15 is 0 Å². The van der Waals surface area contributed by atoms with Gasteiger partial charge in [0.2, 0.25) is 0 Å². The maximum atomic E-state index is 11.0. The second kappa shape index (κ2) is 6.19. The predicted molar refractivity (Wildman–Crippen MR) is 78.2 cm³/mol. The SMILES string of the molecule is Cc1nn(-c2ccccc2)c(Cl)c1/C=N\NC(=O)C(N)=O. The first-order chi connectivity index (χ1) is 10.0. The Bertz CT molecular complexity index is 709. The first-order valence-electron chi connectivity index (χ1n) is 5.94. The topological polar surface area (TPSA) is 102 Å². The highest BCUT2D eigenvalue weighted by molar-refractivity contribution is 6.34. The molecule has 2 amide bonds. The predicted octanol–water partition coefficient (Wildman–Crippen LogP) is 0.770. The first kappa shape index (κ1) is 14.7. The van der Waals surface area contributed by atoms with Crippen molar-refractivity contribution in [2.24, 2.45) is 10.8 Å². The van der Waals surface area contributed by atoms with Crippen LogP contribution in [0.4, 0.5) is 0 Å². The number of carbonyl (C=O) groups excluding carboxylic acids is 2. The van der Waals surface area contributed by atoms with Crippen LogP contribution in [0.25, 0.3) is 5.69 Å². The molecule has 0 saturated heterocycles. The molecule has 0 aliphatic carbocycles. The number of aryl methyl sites for hydroxylation is 1. The van der Waals surface area contributed by atoms with Crippen molar-refractivity contribution in [3.05, 3.63) is 46.7 Å². The molecule has 0 unspecified atom stereocenters. The van der Waals surface area contributed by atoms with E-state index in [9.17, 15) is 9.59 Å². The van der Waals surface area contributed by atoms with Gasteiger partial charge in [-0.1, -0.05) is 29.8 Å². The lowest BCUT2D eigenvalue weighted by Crippen LogP contribution is -2.32. The summed E-state index contributed by atoms with van der Waals surface area (Å²) in [5.74, 6) is -2.12. The van der Waals surface area contributed by atoms with Gasteiger partial charge in [-0.3, -0.25) is 9.59 Å². The number of aromatic nitrogens is 2. The third kappa shape index (κ3) is 3.26. The molecule has 8 heteroatoms. The summed E-state index contributed by atoms with van der Waals surface area (Å²) in [6.07, 6.45) is 1.31. The van der Waals surface area contributed by atoms with Crippen molar-refractivity contribution < 1.29 is 9.59 Å². The minimum absolute atomic E-state index is 0.343. The Morgan fingerprint density at radius 1 is 1.38 bits per heavy atom. The van der Waals surface area contributed by atoms with Crippen LogP contribution in [0.5, 0.6) is 0 Å². The Hall–Kier alpha value is -2.67. The second-order valence-corrected chi connectivity index (χ2v) is 4.46. The van der Waals surface area contributed by atoms with Gasteiger partial charge in [0.05, 0.1) is 23.2 Å². The van der Waals surface area contributed by atoms with Crippen LogP contribution < -0.4 is 11.2 Å². The molecule has 1 aromatic heterocycles. The minimum atomic E-state index is -1.12. The van der Waals surface area contributed by atoms with Crippen LogP contribution in [-0.4, -0.2) is 27.8 Å². The van der Waals surface area contributed by atoms with Crippen LogP contribution in [0, 0.1) is 6.92 Å². The average Bonchev–Trinajstić information content (AvgIpc) is 2.75. The van der Waals surface area contributed by atoms with Crippen LogP contribution in [0.2, 0.25) is 5.15 Å². The van der Waals surface area contributed by atoms with Crippen molar-refractivity contribution in [2.75, 3.05) is 0 Å². The summed E-state index contributed by atoms with van der Waals surface area (Å²) >= 11 is 6.25. The molecule has 1 aromatic carbocycles. The number of para-hydroxylation sites is 1. The third-order valence-electron chi connectivity index (χ3n) is 2.63. The van der Waals surface area contributed by atoms with Crippen LogP contribution in [0.15, 0.2) is 35.4 Å². The molecule has 2 rings (SSSR count).